The van der Waals surface area contributed by atoms with Gasteiger partial charge < -0.3 is 9.88 Å². The molecule has 0 aliphatic rings. The van der Waals surface area contributed by atoms with Crippen LogP contribution in [0.4, 0.5) is 10.2 Å². The first-order valence-corrected chi connectivity index (χ1v) is 10.2. The lowest BCUT2D eigenvalue weighted by Gasteiger charge is -2.18. The van der Waals surface area contributed by atoms with Gasteiger partial charge in [-0.15, -0.1) is 0 Å². The van der Waals surface area contributed by atoms with E-state index in [1.165, 1.54) is 12.1 Å². The van der Waals surface area contributed by atoms with E-state index in [4.69, 9.17) is 11.6 Å². The van der Waals surface area contributed by atoms with E-state index in [-0.39, 0.29) is 18.3 Å². The summed E-state index contributed by atoms with van der Waals surface area (Å²) in [5.41, 5.74) is 3.92. The summed E-state index contributed by atoms with van der Waals surface area (Å²) in [6.45, 7) is 4.83. The van der Waals surface area contributed by atoms with Crippen molar-refractivity contribution in [3.8, 4) is 6.07 Å². The summed E-state index contributed by atoms with van der Waals surface area (Å²) in [5.74, 6) is -0.0844. The Bertz CT molecular complexity index is 1130. The number of anilines is 1. The lowest BCUT2D eigenvalue weighted by Crippen LogP contribution is -2.31. The number of amides is 1. The number of hydrogen-bond acceptors (Lipinski definition) is 3. The maximum Gasteiger partial charge on any atom is 0.239 e. The van der Waals surface area contributed by atoms with Crippen LogP contribution < -0.4 is 5.32 Å². The maximum atomic E-state index is 13.3. The summed E-state index contributed by atoms with van der Waals surface area (Å²) in [6, 6.07) is 15.9. The summed E-state index contributed by atoms with van der Waals surface area (Å²) >= 11 is 6.21. The Labute approximate surface area is 186 Å². The Balaban J connectivity index is 1.78. The quantitative estimate of drug-likeness (QED) is 0.571. The number of nitriles is 1. The minimum atomic E-state index is -0.308. The second kappa shape index (κ2) is 9.78. The van der Waals surface area contributed by atoms with Crippen LogP contribution in [0.15, 0.2) is 48.5 Å². The van der Waals surface area contributed by atoms with Crippen LogP contribution in [0.2, 0.25) is 5.02 Å². The lowest BCUT2D eigenvalue weighted by atomic mass is 10.2. The summed E-state index contributed by atoms with van der Waals surface area (Å²) in [6.07, 6.45) is 0. The molecule has 0 spiro atoms. The van der Waals surface area contributed by atoms with E-state index in [1.54, 1.807) is 12.1 Å². The van der Waals surface area contributed by atoms with Gasteiger partial charge in [0.25, 0.3) is 0 Å². The Morgan fingerprint density at radius 3 is 2.52 bits per heavy atom. The van der Waals surface area contributed by atoms with Crippen molar-refractivity contribution in [1.82, 2.24) is 9.47 Å². The highest BCUT2D eigenvalue weighted by Crippen LogP contribution is 2.27. The molecule has 1 aromatic heterocycles. The van der Waals surface area contributed by atoms with Crippen molar-refractivity contribution >= 4 is 23.3 Å². The van der Waals surface area contributed by atoms with E-state index in [2.05, 4.69) is 11.4 Å². The molecule has 0 atom stereocenters. The van der Waals surface area contributed by atoms with Gasteiger partial charge in [0, 0.05) is 23.8 Å². The molecule has 3 aromatic rings. The van der Waals surface area contributed by atoms with Crippen molar-refractivity contribution in [3.05, 3.63) is 87.3 Å². The highest BCUT2D eigenvalue weighted by atomic mass is 35.5. The van der Waals surface area contributed by atoms with E-state index < -0.39 is 0 Å². The van der Waals surface area contributed by atoms with Gasteiger partial charge in [-0.25, -0.2) is 4.39 Å². The molecule has 1 amide bonds. The molecule has 0 saturated carbocycles. The fraction of sp³-hybridized carbons (Fsp3) is 0.250. The van der Waals surface area contributed by atoms with Gasteiger partial charge in [-0.2, -0.15) is 5.26 Å². The number of carbonyl (C=O) groups is 1. The van der Waals surface area contributed by atoms with Crippen LogP contribution in [0.25, 0.3) is 0 Å². The van der Waals surface area contributed by atoms with Crippen molar-refractivity contribution in [2.75, 3.05) is 18.9 Å². The minimum Gasteiger partial charge on any atom is -0.326 e. The van der Waals surface area contributed by atoms with Crippen LogP contribution in [0.5, 0.6) is 0 Å². The molecule has 0 aliphatic carbocycles. The standard InChI is InChI=1S/C24H24ClFN4O/c1-16-17(2)30(13-18-8-10-20(26)11-9-18)24(21(16)12-27)28-23(31)15-29(3)14-19-6-4-5-7-22(19)25/h4-11H,13-15H2,1-3H3,(H,28,31). The molecule has 0 saturated heterocycles. The van der Waals surface area contributed by atoms with E-state index in [0.29, 0.717) is 29.5 Å². The predicted octanol–water partition coefficient (Wildman–Crippen LogP) is 4.89. The summed E-state index contributed by atoms with van der Waals surface area (Å²) in [5, 5.41) is 13.2. The monoisotopic (exact) mass is 438 g/mol. The molecular weight excluding hydrogens is 415 g/mol. The first-order chi connectivity index (χ1) is 14.8. The average Bonchev–Trinajstić information content (AvgIpc) is 2.95. The highest BCUT2D eigenvalue weighted by molar-refractivity contribution is 6.31. The van der Waals surface area contributed by atoms with Gasteiger partial charge >= 0.3 is 0 Å². The lowest BCUT2D eigenvalue weighted by molar-refractivity contribution is -0.117. The van der Waals surface area contributed by atoms with Crippen molar-refractivity contribution in [3.63, 3.8) is 0 Å². The van der Waals surface area contributed by atoms with Crippen LogP contribution in [-0.4, -0.2) is 29.0 Å². The molecule has 0 unspecified atom stereocenters. The molecule has 160 valence electrons. The Kier molecular flexibility index (Phi) is 7.11. The predicted molar refractivity (Wildman–Crippen MR) is 121 cm³/mol. The number of nitrogens with zero attached hydrogens (tertiary/aromatic N) is 3. The largest absolute Gasteiger partial charge is 0.326 e. The first kappa shape index (κ1) is 22.5. The molecule has 1 heterocycles. The Morgan fingerprint density at radius 2 is 1.87 bits per heavy atom. The van der Waals surface area contributed by atoms with Gasteiger partial charge in [0.05, 0.1) is 12.1 Å². The number of likely N-dealkylation sites (N-methyl/N-ethyl adjacent to an activating group) is 1. The molecule has 0 fully saturated rings. The van der Waals surface area contributed by atoms with E-state index in [1.807, 2.05) is 54.6 Å². The fourth-order valence-electron chi connectivity index (χ4n) is 3.49. The molecule has 2 aromatic carbocycles. The van der Waals surface area contributed by atoms with Crippen LogP contribution in [0.1, 0.15) is 27.9 Å². The maximum absolute atomic E-state index is 13.3. The van der Waals surface area contributed by atoms with Crippen LogP contribution in [0, 0.1) is 31.0 Å². The van der Waals surface area contributed by atoms with Crippen LogP contribution >= 0.6 is 11.6 Å². The number of nitrogens with one attached hydrogen (secondary N) is 1. The molecule has 31 heavy (non-hydrogen) atoms. The van der Waals surface area contributed by atoms with E-state index in [9.17, 15) is 14.4 Å². The molecule has 7 heteroatoms. The van der Waals surface area contributed by atoms with Crippen molar-refractivity contribution in [1.29, 1.82) is 5.26 Å². The van der Waals surface area contributed by atoms with Crippen molar-refractivity contribution in [2.45, 2.75) is 26.9 Å². The SMILES string of the molecule is Cc1c(C#N)c(NC(=O)CN(C)Cc2ccccc2Cl)n(Cc2ccc(F)cc2)c1C. The van der Waals surface area contributed by atoms with Gasteiger partial charge in [-0.3, -0.25) is 9.69 Å². The third-order valence-corrected chi connectivity index (χ3v) is 5.63. The van der Waals surface area contributed by atoms with Crippen LogP contribution in [-0.2, 0) is 17.9 Å². The summed E-state index contributed by atoms with van der Waals surface area (Å²) in [7, 11) is 1.84. The zero-order chi connectivity index (χ0) is 22.5. The van der Waals surface area contributed by atoms with Gasteiger partial charge in [-0.05, 0) is 55.8 Å². The second-order valence-electron chi connectivity index (χ2n) is 7.57. The number of rotatable bonds is 7. The molecule has 0 bridgehead atoms. The topological polar surface area (TPSA) is 61.1 Å². The molecular formula is C24H24ClFN4O. The number of halogens is 2. The average molecular weight is 439 g/mol. The zero-order valence-electron chi connectivity index (χ0n) is 17.7. The van der Waals surface area contributed by atoms with Crippen LogP contribution in [0.3, 0.4) is 0 Å². The molecule has 1 N–H and O–H groups in total. The first-order valence-electron chi connectivity index (χ1n) is 9.86. The number of hydrogen-bond donors (Lipinski definition) is 1. The summed E-state index contributed by atoms with van der Waals surface area (Å²) < 4.78 is 15.1. The fourth-order valence-corrected chi connectivity index (χ4v) is 3.69. The number of aromatic nitrogens is 1. The van der Waals surface area contributed by atoms with Gasteiger partial charge in [-0.1, -0.05) is 41.9 Å². The van der Waals surface area contributed by atoms with E-state index >= 15 is 0 Å². The zero-order valence-corrected chi connectivity index (χ0v) is 18.5. The van der Waals surface area contributed by atoms with Crippen molar-refractivity contribution in [2.24, 2.45) is 0 Å². The van der Waals surface area contributed by atoms with Crippen molar-refractivity contribution < 1.29 is 9.18 Å². The summed E-state index contributed by atoms with van der Waals surface area (Å²) in [4.78, 5) is 14.6. The molecule has 5 nitrogen and oxygen atoms in total. The number of carbonyl (C=O) groups excluding carboxylic acids is 1. The highest BCUT2D eigenvalue weighted by Gasteiger charge is 2.20. The smallest absolute Gasteiger partial charge is 0.239 e. The van der Waals surface area contributed by atoms with Gasteiger partial charge in [0.15, 0.2) is 0 Å². The van der Waals surface area contributed by atoms with Gasteiger partial charge in [0.1, 0.15) is 17.7 Å². The second-order valence-corrected chi connectivity index (χ2v) is 7.98. The molecule has 0 aliphatic heterocycles. The van der Waals surface area contributed by atoms with Gasteiger partial charge in [0.2, 0.25) is 5.91 Å². The minimum absolute atomic E-state index is 0.135. The number of benzene rings is 2. The van der Waals surface area contributed by atoms with E-state index in [0.717, 1.165) is 22.4 Å². The third kappa shape index (κ3) is 5.32. The molecule has 3 rings (SSSR count). The molecule has 0 radical (unpaired) electrons. The Hall–Kier alpha value is -3.14. The normalized spacial score (nSPS) is 10.9. The third-order valence-electron chi connectivity index (χ3n) is 5.26. The Morgan fingerprint density at radius 1 is 1.19 bits per heavy atom.